The Balaban J connectivity index is 2.26. The molecule has 0 radical (unpaired) electrons. The van der Waals surface area contributed by atoms with Gasteiger partial charge in [-0.3, -0.25) is 0 Å². The van der Waals surface area contributed by atoms with Crippen molar-refractivity contribution < 1.29 is 14.6 Å². The fourth-order valence-corrected chi connectivity index (χ4v) is 1.85. The number of anilines is 2. The predicted molar refractivity (Wildman–Crippen MR) is 76.8 cm³/mol. The Morgan fingerprint density at radius 2 is 2.05 bits per heavy atom. The quantitative estimate of drug-likeness (QED) is 0.874. The van der Waals surface area contributed by atoms with Crippen molar-refractivity contribution in [3.05, 3.63) is 47.7 Å². The van der Waals surface area contributed by atoms with E-state index in [4.69, 9.17) is 9.84 Å². The van der Waals surface area contributed by atoms with Crippen molar-refractivity contribution in [2.24, 2.45) is 0 Å². The predicted octanol–water partition coefficient (Wildman–Crippen LogP) is 3.23. The zero-order valence-corrected chi connectivity index (χ0v) is 11.4. The molecule has 0 spiro atoms. The Hall–Kier alpha value is -2.56. The minimum absolute atomic E-state index is 0.202. The van der Waals surface area contributed by atoms with E-state index in [1.165, 1.54) is 6.07 Å². The van der Waals surface area contributed by atoms with E-state index in [-0.39, 0.29) is 5.56 Å². The molecule has 20 heavy (non-hydrogen) atoms. The fourth-order valence-electron chi connectivity index (χ4n) is 1.85. The van der Waals surface area contributed by atoms with Crippen molar-refractivity contribution >= 4 is 17.5 Å². The van der Waals surface area contributed by atoms with Crippen molar-refractivity contribution in [2.75, 3.05) is 11.9 Å². The first kappa shape index (κ1) is 13.9. The van der Waals surface area contributed by atoms with E-state index in [9.17, 15) is 4.79 Å². The summed E-state index contributed by atoms with van der Waals surface area (Å²) in [6, 6.07) is 10.7. The number of nitrogens with zero attached hydrogens (tertiary/aromatic N) is 1. The number of para-hydroxylation sites is 2. The van der Waals surface area contributed by atoms with Crippen LogP contribution in [0, 0.1) is 6.92 Å². The van der Waals surface area contributed by atoms with Crippen molar-refractivity contribution in [1.29, 1.82) is 0 Å². The highest BCUT2D eigenvalue weighted by Crippen LogP contribution is 2.27. The lowest BCUT2D eigenvalue weighted by Gasteiger charge is -2.12. The highest BCUT2D eigenvalue weighted by atomic mass is 16.5. The molecule has 2 rings (SSSR count). The highest BCUT2D eigenvalue weighted by Gasteiger charge is 2.09. The number of nitrogens with one attached hydrogen (secondary N) is 1. The van der Waals surface area contributed by atoms with Crippen molar-refractivity contribution in [3.8, 4) is 5.75 Å². The van der Waals surface area contributed by atoms with E-state index in [0.717, 1.165) is 11.4 Å². The van der Waals surface area contributed by atoms with Gasteiger partial charge in [0.05, 0.1) is 23.6 Å². The Bertz CT molecular complexity index is 626. The summed E-state index contributed by atoms with van der Waals surface area (Å²) in [7, 11) is 0. The van der Waals surface area contributed by atoms with Crippen LogP contribution in [-0.2, 0) is 0 Å². The molecule has 1 heterocycles. The number of hydrogen-bond donors (Lipinski definition) is 2. The maximum absolute atomic E-state index is 11.0. The largest absolute Gasteiger partial charge is 0.492 e. The zero-order chi connectivity index (χ0) is 14.5. The van der Waals surface area contributed by atoms with E-state index < -0.39 is 5.97 Å². The molecular weight excluding hydrogens is 256 g/mol. The van der Waals surface area contributed by atoms with E-state index in [1.54, 1.807) is 13.0 Å². The number of rotatable bonds is 5. The van der Waals surface area contributed by atoms with Gasteiger partial charge >= 0.3 is 5.97 Å². The van der Waals surface area contributed by atoms with Crippen molar-refractivity contribution in [1.82, 2.24) is 4.98 Å². The Labute approximate surface area is 117 Å². The number of ether oxygens (including phenoxy) is 1. The van der Waals surface area contributed by atoms with Crippen LogP contribution < -0.4 is 10.1 Å². The number of pyridine rings is 1. The maximum atomic E-state index is 11.0. The molecule has 0 unspecified atom stereocenters. The van der Waals surface area contributed by atoms with Crippen LogP contribution >= 0.6 is 0 Å². The number of aryl methyl sites for hydroxylation is 1. The third-order valence-electron chi connectivity index (χ3n) is 2.77. The summed E-state index contributed by atoms with van der Waals surface area (Å²) < 4.78 is 5.52. The van der Waals surface area contributed by atoms with Gasteiger partial charge in [0, 0.05) is 0 Å². The Morgan fingerprint density at radius 1 is 1.30 bits per heavy atom. The lowest BCUT2D eigenvalue weighted by Crippen LogP contribution is -2.04. The molecule has 2 aromatic rings. The van der Waals surface area contributed by atoms with Gasteiger partial charge in [-0.15, -0.1) is 0 Å². The lowest BCUT2D eigenvalue weighted by molar-refractivity contribution is 0.0695. The molecule has 1 aromatic heterocycles. The topological polar surface area (TPSA) is 71.5 Å². The van der Waals surface area contributed by atoms with Crippen LogP contribution in [0.15, 0.2) is 36.4 Å². The molecule has 5 heteroatoms. The van der Waals surface area contributed by atoms with Gasteiger partial charge in [-0.2, -0.15) is 0 Å². The van der Waals surface area contributed by atoms with Crippen LogP contribution in [0.5, 0.6) is 5.75 Å². The molecule has 0 aliphatic rings. The van der Waals surface area contributed by atoms with E-state index in [0.29, 0.717) is 18.1 Å². The Kier molecular flexibility index (Phi) is 4.20. The first-order chi connectivity index (χ1) is 9.61. The second kappa shape index (κ2) is 6.06. The molecule has 104 valence electrons. The van der Waals surface area contributed by atoms with Crippen molar-refractivity contribution in [3.63, 3.8) is 0 Å². The molecule has 0 aliphatic heterocycles. The van der Waals surface area contributed by atoms with Gasteiger partial charge in [-0.1, -0.05) is 12.1 Å². The number of benzene rings is 1. The highest BCUT2D eigenvalue weighted by molar-refractivity contribution is 5.89. The van der Waals surface area contributed by atoms with Crippen LogP contribution in [0.25, 0.3) is 0 Å². The summed E-state index contributed by atoms with van der Waals surface area (Å²) in [6.07, 6.45) is 0. The standard InChI is InChI=1S/C15H16N2O3/c1-3-20-13-7-5-4-6-12(13)17-14-9-8-11(15(18)19)10(2)16-14/h4-9H,3H2,1-2H3,(H,16,17)(H,18,19). The fraction of sp³-hybridized carbons (Fsp3) is 0.200. The summed E-state index contributed by atoms with van der Waals surface area (Å²) in [6.45, 7) is 4.16. The van der Waals surface area contributed by atoms with Gasteiger partial charge in [-0.25, -0.2) is 9.78 Å². The van der Waals surface area contributed by atoms with Gasteiger partial charge in [0.15, 0.2) is 0 Å². The average molecular weight is 272 g/mol. The van der Waals surface area contributed by atoms with Gasteiger partial charge in [0.2, 0.25) is 0 Å². The minimum atomic E-state index is -0.976. The number of aromatic nitrogens is 1. The van der Waals surface area contributed by atoms with E-state index in [2.05, 4.69) is 10.3 Å². The number of aromatic carboxylic acids is 1. The summed E-state index contributed by atoms with van der Waals surface area (Å²) in [5.74, 6) is 0.340. The first-order valence-electron chi connectivity index (χ1n) is 6.31. The number of carboxylic acids is 1. The second-order valence-corrected chi connectivity index (χ2v) is 4.19. The molecular formula is C15H16N2O3. The Morgan fingerprint density at radius 3 is 2.70 bits per heavy atom. The van der Waals surface area contributed by atoms with E-state index >= 15 is 0 Å². The minimum Gasteiger partial charge on any atom is -0.492 e. The monoisotopic (exact) mass is 272 g/mol. The van der Waals surface area contributed by atoms with Gasteiger partial charge in [0.25, 0.3) is 0 Å². The van der Waals surface area contributed by atoms with E-state index in [1.807, 2.05) is 31.2 Å². The van der Waals surface area contributed by atoms with Gasteiger partial charge < -0.3 is 15.2 Å². The van der Waals surface area contributed by atoms with Crippen LogP contribution in [0.4, 0.5) is 11.5 Å². The average Bonchev–Trinajstić information content (AvgIpc) is 2.41. The zero-order valence-electron chi connectivity index (χ0n) is 11.4. The molecule has 0 saturated heterocycles. The van der Waals surface area contributed by atoms with Gasteiger partial charge in [-0.05, 0) is 38.1 Å². The third kappa shape index (κ3) is 3.06. The van der Waals surface area contributed by atoms with Crippen molar-refractivity contribution in [2.45, 2.75) is 13.8 Å². The number of hydrogen-bond acceptors (Lipinski definition) is 4. The third-order valence-corrected chi connectivity index (χ3v) is 2.77. The maximum Gasteiger partial charge on any atom is 0.337 e. The number of carbonyl (C=O) groups is 1. The molecule has 0 bridgehead atoms. The molecule has 5 nitrogen and oxygen atoms in total. The molecule has 0 aliphatic carbocycles. The SMILES string of the molecule is CCOc1ccccc1Nc1ccc(C(=O)O)c(C)n1. The summed E-state index contributed by atoms with van der Waals surface area (Å²) in [4.78, 5) is 15.2. The number of carboxylic acid groups (broad SMARTS) is 1. The van der Waals surface area contributed by atoms with Crippen LogP contribution in [-0.4, -0.2) is 22.7 Å². The molecule has 0 amide bonds. The smallest absolute Gasteiger partial charge is 0.337 e. The summed E-state index contributed by atoms with van der Waals surface area (Å²) in [5, 5.41) is 12.1. The first-order valence-corrected chi connectivity index (χ1v) is 6.31. The van der Waals surface area contributed by atoms with Crippen LogP contribution in [0.3, 0.4) is 0 Å². The molecule has 2 N–H and O–H groups in total. The molecule has 0 saturated carbocycles. The summed E-state index contributed by atoms with van der Waals surface area (Å²) >= 11 is 0. The van der Waals surface area contributed by atoms with Crippen LogP contribution in [0.2, 0.25) is 0 Å². The molecule has 1 aromatic carbocycles. The lowest BCUT2D eigenvalue weighted by atomic mass is 10.2. The van der Waals surface area contributed by atoms with Gasteiger partial charge in [0.1, 0.15) is 11.6 Å². The normalized spacial score (nSPS) is 10.1. The molecule has 0 atom stereocenters. The molecule has 0 fully saturated rings. The second-order valence-electron chi connectivity index (χ2n) is 4.19. The van der Waals surface area contributed by atoms with Crippen LogP contribution in [0.1, 0.15) is 23.0 Å². The summed E-state index contributed by atoms with van der Waals surface area (Å²) in [5.41, 5.74) is 1.47.